The van der Waals surface area contributed by atoms with Crippen LogP contribution in [-0.4, -0.2) is 17.9 Å². The van der Waals surface area contributed by atoms with Crippen LogP contribution in [0.25, 0.3) is 5.69 Å². The number of nitrogens with zero attached hydrogens (tertiary/aromatic N) is 2. The number of aromatic nitrogens is 1. The minimum Gasteiger partial charge on any atom is -0.494 e. The lowest BCUT2D eigenvalue weighted by Crippen LogP contribution is -1.88. The van der Waals surface area contributed by atoms with Crippen LogP contribution in [-0.2, 0) is 0 Å². The largest absolute Gasteiger partial charge is 0.494 e. The van der Waals surface area contributed by atoms with Gasteiger partial charge in [0.05, 0.1) is 7.11 Å². The van der Waals surface area contributed by atoms with E-state index < -0.39 is 0 Å². The van der Waals surface area contributed by atoms with Crippen molar-refractivity contribution in [1.29, 1.82) is 0 Å². The average molecular weight is 311 g/mol. The quantitative estimate of drug-likeness (QED) is 0.630. The molecule has 0 saturated carbocycles. The number of halogens is 1. The van der Waals surface area contributed by atoms with Gasteiger partial charge in [0, 0.05) is 34.9 Å². The predicted molar refractivity (Wildman–Crippen MR) is 91.0 cm³/mol. The summed E-state index contributed by atoms with van der Waals surface area (Å²) < 4.78 is 7.34. The van der Waals surface area contributed by atoms with E-state index in [-0.39, 0.29) is 0 Å². The number of aliphatic imine (C=N–C) groups is 1. The maximum absolute atomic E-state index is 6.01. The standard InChI is InChI=1S/C18H15ClN2O/c1-22-18-8-7-15(19)11-17(18)20-12-14-9-10-21(13-14)16-5-3-2-4-6-16/h2-13H,1H3. The Kier molecular flexibility index (Phi) is 4.26. The summed E-state index contributed by atoms with van der Waals surface area (Å²) in [7, 11) is 1.62. The van der Waals surface area contributed by atoms with Crippen LogP contribution in [0.1, 0.15) is 5.56 Å². The monoisotopic (exact) mass is 310 g/mol. The highest BCUT2D eigenvalue weighted by Crippen LogP contribution is 2.30. The molecular weight excluding hydrogens is 296 g/mol. The van der Waals surface area contributed by atoms with Gasteiger partial charge in [0.15, 0.2) is 0 Å². The minimum absolute atomic E-state index is 0.634. The summed E-state index contributed by atoms with van der Waals surface area (Å²) in [4.78, 5) is 4.47. The van der Waals surface area contributed by atoms with Crippen LogP contribution in [0.5, 0.6) is 5.75 Å². The molecule has 0 bridgehead atoms. The van der Waals surface area contributed by atoms with Crippen molar-refractivity contribution >= 4 is 23.5 Å². The highest BCUT2D eigenvalue weighted by atomic mass is 35.5. The summed E-state index contributed by atoms with van der Waals surface area (Å²) in [6.07, 6.45) is 5.83. The predicted octanol–water partition coefficient (Wildman–Crippen LogP) is 4.89. The molecule has 0 N–H and O–H groups in total. The second-order valence-electron chi connectivity index (χ2n) is 4.76. The van der Waals surface area contributed by atoms with E-state index in [9.17, 15) is 0 Å². The molecule has 0 radical (unpaired) electrons. The van der Waals surface area contributed by atoms with Gasteiger partial charge in [0.25, 0.3) is 0 Å². The summed E-state index contributed by atoms with van der Waals surface area (Å²) in [5.41, 5.74) is 2.83. The third kappa shape index (κ3) is 3.21. The van der Waals surface area contributed by atoms with Crippen LogP contribution in [0.3, 0.4) is 0 Å². The fraction of sp³-hybridized carbons (Fsp3) is 0.0556. The van der Waals surface area contributed by atoms with E-state index in [1.165, 1.54) is 0 Å². The zero-order valence-electron chi connectivity index (χ0n) is 12.1. The van der Waals surface area contributed by atoms with Crippen molar-refractivity contribution in [3.63, 3.8) is 0 Å². The van der Waals surface area contributed by atoms with Crippen molar-refractivity contribution in [3.05, 3.63) is 77.6 Å². The van der Waals surface area contributed by atoms with E-state index in [4.69, 9.17) is 16.3 Å². The van der Waals surface area contributed by atoms with E-state index >= 15 is 0 Å². The third-order valence-electron chi connectivity index (χ3n) is 3.26. The lowest BCUT2D eigenvalue weighted by Gasteiger charge is -2.03. The van der Waals surface area contributed by atoms with E-state index in [1.54, 1.807) is 25.5 Å². The Morgan fingerprint density at radius 1 is 1.09 bits per heavy atom. The minimum atomic E-state index is 0.634. The van der Waals surface area contributed by atoms with Crippen LogP contribution in [0.4, 0.5) is 5.69 Å². The van der Waals surface area contributed by atoms with Crippen LogP contribution in [0, 0.1) is 0 Å². The van der Waals surface area contributed by atoms with Crippen molar-refractivity contribution in [2.45, 2.75) is 0 Å². The smallest absolute Gasteiger partial charge is 0.144 e. The number of rotatable bonds is 4. The Bertz CT molecular complexity index is 794. The number of benzene rings is 2. The second kappa shape index (κ2) is 6.50. The summed E-state index contributed by atoms with van der Waals surface area (Å²) in [6.45, 7) is 0. The fourth-order valence-corrected chi connectivity index (χ4v) is 2.32. The van der Waals surface area contributed by atoms with Gasteiger partial charge in [-0.1, -0.05) is 29.8 Å². The summed E-state index contributed by atoms with van der Waals surface area (Å²) in [6, 6.07) is 17.5. The Hall–Kier alpha value is -2.52. The van der Waals surface area contributed by atoms with Gasteiger partial charge in [0.2, 0.25) is 0 Å². The first kappa shape index (κ1) is 14.4. The number of para-hydroxylation sites is 1. The normalized spacial score (nSPS) is 11.0. The SMILES string of the molecule is COc1ccc(Cl)cc1N=Cc1ccn(-c2ccccc2)c1. The maximum atomic E-state index is 6.01. The Morgan fingerprint density at radius 3 is 2.68 bits per heavy atom. The van der Waals surface area contributed by atoms with Gasteiger partial charge in [-0.25, -0.2) is 0 Å². The van der Waals surface area contributed by atoms with E-state index in [2.05, 4.69) is 21.7 Å². The number of methoxy groups -OCH3 is 1. The third-order valence-corrected chi connectivity index (χ3v) is 3.50. The molecule has 3 rings (SSSR count). The van der Waals surface area contributed by atoms with Crippen molar-refractivity contribution < 1.29 is 4.74 Å². The topological polar surface area (TPSA) is 26.5 Å². The van der Waals surface area contributed by atoms with Gasteiger partial charge in [-0.05, 0) is 36.4 Å². The molecule has 0 atom stereocenters. The van der Waals surface area contributed by atoms with Crippen LogP contribution >= 0.6 is 11.6 Å². The molecular formula is C18H15ClN2O. The molecule has 22 heavy (non-hydrogen) atoms. The van der Waals surface area contributed by atoms with Crippen LogP contribution in [0.15, 0.2) is 72.0 Å². The Labute approximate surface area is 134 Å². The molecule has 0 saturated heterocycles. The molecule has 0 aliphatic rings. The summed E-state index contributed by atoms with van der Waals surface area (Å²) in [5.74, 6) is 0.697. The number of hydrogen-bond donors (Lipinski definition) is 0. The van der Waals surface area contributed by atoms with Crippen molar-refractivity contribution in [2.24, 2.45) is 4.99 Å². The van der Waals surface area contributed by atoms with Crippen molar-refractivity contribution in [1.82, 2.24) is 4.57 Å². The Balaban J connectivity index is 1.85. The molecule has 3 nitrogen and oxygen atoms in total. The van der Waals surface area contributed by atoms with Gasteiger partial charge >= 0.3 is 0 Å². The molecule has 0 fully saturated rings. The first-order chi connectivity index (χ1) is 10.8. The fourth-order valence-electron chi connectivity index (χ4n) is 2.16. The van der Waals surface area contributed by atoms with Crippen molar-refractivity contribution in [2.75, 3.05) is 7.11 Å². The molecule has 0 aliphatic carbocycles. The Morgan fingerprint density at radius 2 is 1.91 bits per heavy atom. The molecule has 0 spiro atoms. The van der Waals surface area contributed by atoms with E-state index in [0.717, 1.165) is 11.3 Å². The zero-order chi connectivity index (χ0) is 15.4. The first-order valence-corrected chi connectivity index (χ1v) is 7.25. The molecule has 3 aromatic rings. The molecule has 4 heteroatoms. The molecule has 0 unspecified atom stereocenters. The van der Waals surface area contributed by atoms with Gasteiger partial charge in [-0.15, -0.1) is 0 Å². The maximum Gasteiger partial charge on any atom is 0.144 e. The second-order valence-corrected chi connectivity index (χ2v) is 5.20. The van der Waals surface area contributed by atoms with Gasteiger partial charge < -0.3 is 9.30 Å². The molecule has 1 aromatic heterocycles. The van der Waals surface area contributed by atoms with Crippen molar-refractivity contribution in [3.8, 4) is 11.4 Å². The molecule has 0 aliphatic heterocycles. The molecule has 0 amide bonds. The average Bonchev–Trinajstić information content (AvgIpc) is 3.03. The summed E-state index contributed by atoms with van der Waals surface area (Å²) >= 11 is 6.01. The highest BCUT2D eigenvalue weighted by Gasteiger charge is 2.02. The molecule has 110 valence electrons. The van der Waals surface area contributed by atoms with E-state index in [1.807, 2.05) is 42.7 Å². The lowest BCUT2D eigenvalue weighted by molar-refractivity contribution is 0.416. The number of ether oxygens (including phenoxy) is 1. The van der Waals surface area contributed by atoms with E-state index in [0.29, 0.717) is 16.5 Å². The van der Waals surface area contributed by atoms with Gasteiger partial charge in [-0.2, -0.15) is 0 Å². The van der Waals surface area contributed by atoms with Crippen LogP contribution in [0.2, 0.25) is 5.02 Å². The van der Waals surface area contributed by atoms with Gasteiger partial charge in [-0.3, -0.25) is 4.99 Å². The zero-order valence-corrected chi connectivity index (χ0v) is 12.9. The summed E-state index contributed by atoms with van der Waals surface area (Å²) in [5, 5.41) is 0.634. The lowest BCUT2D eigenvalue weighted by atomic mass is 10.3. The highest BCUT2D eigenvalue weighted by molar-refractivity contribution is 6.30. The van der Waals surface area contributed by atoms with Gasteiger partial charge in [0.1, 0.15) is 11.4 Å². The van der Waals surface area contributed by atoms with Crippen LogP contribution < -0.4 is 4.74 Å². The molecule has 2 aromatic carbocycles. The molecule has 1 heterocycles. The first-order valence-electron chi connectivity index (χ1n) is 6.87. The number of hydrogen-bond acceptors (Lipinski definition) is 2.